The van der Waals surface area contributed by atoms with Crippen molar-refractivity contribution in [2.75, 3.05) is 0 Å². The van der Waals surface area contributed by atoms with Crippen molar-refractivity contribution < 1.29 is 0 Å². The van der Waals surface area contributed by atoms with E-state index in [9.17, 15) is 0 Å². The number of aromatic nitrogens is 2. The molecular formula is C12H15N3S2. The Hall–Kier alpha value is -0.910. The van der Waals surface area contributed by atoms with E-state index in [2.05, 4.69) is 28.3 Å². The highest BCUT2D eigenvalue weighted by atomic mass is 32.2. The van der Waals surface area contributed by atoms with E-state index in [1.807, 2.05) is 19.2 Å². The van der Waals surface area contributed by atoms with Gasteiger partial charge in [0.15, 0.2) is 4.34 Å². The first-order chi connectivity index (χ1) is 8.19. The van der Waals surface area contributed by atoms with Gasteiger partial charge in [0.25, 0.3) is 0 Å². The summed E-state index contributed by atoms with van der Waals surface area (Å²) < 4.78 is 1.05. The average Bonchev–Trinajstić information content (AvgIpc) is 2.75. The Bertz CT molecular complexity index is 479. The van der Waals surface area contributed by atoms with Gasteiger partial charge in [-0.25, -0.2) is 4.98 Å². The highest BCUT2D eigenvalue weighted by Gasteiger charge is 2.06. The lowest BCUT2D eigenvalue weighted by Gasteiger charge is -2.07. The topological polar surface area (TPSA) is 51.8 Å². The molecule has 0 aliphatic heterocycles. The van der Waals surface area contributed by atoms with Crippen LogP contribution in [-0.4, -0.2) is 9.97 Å². The highest BCUT2D eigenvalue weighted by molar-refractivity contribution is 8.01. The maximum Gasteiger partial charge on any atom is 0.154 e. The van der Waals surface area contributed by atoms with E-state index in [1.54, 1.807) is 23.1 Å². The van der Waals surface area contributed by atoms with E-state index in [-0.39, 0.29) is 6.04 Å². The molecule has 2 rings (SSSR count). The largest absolute Gasteiger partial charge is 0.323 e. The van der Waals surface area contributed by atoms with Gasteiger partial charge in [-0.05, 0) is 25.5 Å². The number of aryl methyl sites for hydroxylation is 1. The molecule has 0 bridgehead atoms. The van der Waals surface area contributed by atoms with Crippen LogP contribution in [-0.2, 0) is 0 Å². The molecule has 0 fully saturated rings. The molecule has 17 heavy (non-hydrogen) atoms. The summed E-state index contributed by atoms with van der Waals surface area (Å²) in [6.45, 7) is 4.07. The van der Waals surface area contributed by atoms with Gasteiger partial charge in [0.2, 0.25) is 0 Å². The summed E-state index contributed by atoms with van der Waals surface area (Å²) in [5.74, 6) is 0. The Kier molecular flexibility index (Phi) is 4.15. The second-order valence-electron chi connectivity index (χ2n) is 3.79. The van der Waals surface area contributed by atoms with Gasteiger partial charge >= 0.3 is 0 Å². The van der Waals surface area contributed by atoms with Crippen molar-refractivity contribution >= 4 is 23.1 Å². The molecule has 5 heteroatoms. The Balaban J connectivity index is 2.08. The third-order valence-corrected chi connectivity index (χ3v) is 4.42. The molecule has 0 saturated carbocycles. The van der Waals surface area contributed by atoms with E-state index in [1.165, 1.54) is 0 Å². The minimum Gasteiger partial charge on any atom is -0.323 e. The van der Waals surface area contributed by atoms with Crippen LogP contribution in [0.4, 0.5) is 0 Å². The van der Waals surface area contributed by atoms with Gasteiger partial charge < -0.3 is 5.73 Å². The van der Waals surface area contributed by atoms with Gasteiger partial charge in [-0.3, -0.25) is 4.98 Å². The van der Waals surface area contributed by atoms with Gasteiger partial charge in [-0.2, -0.15) is 0 Å². The molecule has 0 spiro atoms. The monoisotopic (exact) mass is 265 g/mol. The number of nitrogens with two attached hydrogens (primary N) is 1. The van der Waals surface area contributed by atoms with Crippen LogP contribution in [0.25, 0.3) is 0 Å². The first kappa shape index (κ1) is 12.5. The van der Waals surface area contributed by atoms with Crippen LogP contribution in [0, 0.1) is 6.92 Å². The van der Waals surface area contributed by atoms with Crippen LogP contribution in [0.2, 0.25) is 0 Å². The van der Waals surface area contributed by atoms with Crippen molar-refractivity contribution in [1.82, 2.24) is 9.97 Å². The van der Waals surface area contributed by atoms with Crippen molar-refractivity contribution in [3.05, 3.63) is 35.1 Å². The number of hydrogen-bond donors (Lipinski definition) is 1. The first-order valence-electron chi connectivity index (χ1n) is 5.50. The minimum atomic E-state index is 0.0381. The molecular weight excluding hydrogens is 250 g/mol. The van der Waals surface area contributed by atoms with E-state index >= 15 is 0 Å². The minimum absolute atomic E-state index is 0.0381. The molecule has 1 atom stereocenters. The van der Waals surface area contributed by atoms with Crippen LogP contribution in [0.3, 0.4) is 0 Å². The molecule has 2 aromatic rings. The lowest BCUT2D eigenvalue weighted by Crippen LogP contribution is -2.10. The zero-order valence-corrected chi connectivity index (χ0v) is 11.5. The third-order valence-electron chi connectivity index (χ3n) is 2.38. The molecule has 0 aromatic carbocycles. The lowest BCUT2D eigenvalue weighted by molar-refractivity contribution is 0.674. The normalized spacial score (nSPS) is 12.6. The average molecular weight is 265 g/mol. The van der Waals surface area contributed by atoms with Gasteiger partial charge in [-0.1, -0.05) is 18.7 Å². The van der Waals surface area contributed by atoms with Crippen molar-refractivity contribution in [2.45, 2.75) is 35.5 Å². The van der Waals surface area contributed by atoms with Gasteiger partial charge in [0.05, 0.1) is 5.69 Å². The molecule has 0 radical (unpaired) electrons. The number of hydrogen-bond acceptors (Lipinski definition) is 5. The van der Waals surface area contributed by atoms with E-state index < -0.39 is 0 Å². The van der Waals surface area contributed by atoms with Gasteiger partial charge in [0.1, 0.15) is 0 Å². The first-order valence-corrected chi connectivity index (χ1v) is 7.20. The lowest BCUT2D eigenvalue weighted by atomic mass is 10.1. The van der Waals surface area contributed by atoms with Gasteiger partial charge in [-0.15, -0.1) is 11.3 Å². The molecule has 2 heterocycles. The maximum absolute atomic E-state index is 5.92. The number of pyridine rings is 1. The van der Waals surface area contributed by atoms with Crippen LogP contribution >= 0.6 is 23.1 Å². The molecule has 2 N–H and O–H groups in total. The maximum atomic E-state index is 5.92. The van der Waals surface area contributed by atoms with Crippen molar-refractivity contribution in [3.8, 4) is 0 Å². The molecule has 3 nitrogen and oxygen atoms in total. The van der Waals surface area contributed by atoms with Crippen molar-refractivity contribution in [2.24, 2.45) is 5.73 Å². The predicted molar refractivity (Wildman–Crippen MR) is 72.4 cm³/mol. The van der Waals surface area contributed by atoms with Crippen molar-refractivity contribution in [1.29, 1.82) is 0 Å². The van der Waals surface area contributed by atoms with Crippen LogP contribution in [0.5, 0.6) is 0 Å². The number of rotatable bonds is 4. The Morgan fingerprint density at radius 1 is 1.47 bits per heavy atom. The summed E-state index contributed by atoms with van der Waals surface area (Å²) >= 11 is 3.30. The predicted octanol–water partition coefficient (Wildman–Crippen LogP) is 3.41. The Labute approximate surface area is 109 Å². The van der Waals surface area contributed by atoms with Crippen LogP contribution in [0.1, 0.15) is 30.8 Å². The molecule has 0 amide bonds. The van der Waals surface area contributed by atoms with E-state index in [0.717, 1.165) is 27.0 Å². The fourth-order valence-electron chi connectivity index (χ4n) is 1.36. The summed E-state index contributed by atoms with van der Waals surface area (Å²) in [6.07, 6.45) is 2.78. The zero-order chi connectivity index (χ0) is 12.3. The molecule has 0 aliphatic rings. The third kappa shape index (κ3) is 3.28. The smallest absolute Gasteiger partial charge is 0.154 e. The van der Waals surface area contributed by atoms with Gasteiger partial charge in [0, 0.05) is 28.2 Å². The molecule has 0 saturated heterocycles. The standard InChI is InChI=1S/C12H15N3S2/c1-3-10(13)11-5-4-9(6-14-11)17-12-15-8(2)7-16-12/h4-7,10H,3,13H2,1-2H3. The SMILES string of the molecule is CCC(N)c1ccc(Sc2nc(C)cs2)cn1. The highest BCUT2D eigenvalue weighted by Crippen LogP contribution is 2.30. The molecule has 0 aliphatic carbocycles. The van der Waals surface area contributed by atoms with Crippen LogP contribution < -0.4 is 5.73 Å². The Morgan fingerprint density at radius 3 is 2.82 bits per heavy atom. The fourth-order valence-corrected chi connectivity index (χ4v) is 3.14. The molecule has 90 valence electrons. The number of thiazole rings is 1. The van der Waals surface area contributed by atoms with Crippen molar-refractivity contribution in [3.63, 3.8) is 0 Å². The van der Waals surface area contributed by atoms with E-state index in [4.69, 9.17) is 5.73 Å². The fraction of sp³-hybridized carbons (Fsp3) is 0.333. The molecule has 2 aromatic heterocycles. The summed E-state index contributed by atoms with van der Waals surface area (Å²) in [5.41, 5.74) is 7.94. The van der Waals surface area contributed by atoms with Crippen LogP contribution in [0.15, 0.2) is 32.9 Å². The second kappa shape index (κ2) is 5.62. The zero-order valence-electron chi connectivity index (χ0n) is 9.88. The Morgan fingerprint density at radius 2 is 2.29 bits per heavy atom. The quantitative estimate of drug-likeness (QED) is 0.920. The second-order valence-corrected chi connectivity index (χ2v) is 5.97. The van der Waals surface area contributed by atoms with E-state index in [0.29, 0.717) is 0 Å². The summed E-state index contributed by atoms with van der Waals surface area (Å²) in [4.78, 5) is 9.90. The number of nitrogens with zero attached hydrogens (tertiary/aromatic N) is 2. The summed E-state index contributed by atoms with van der Waals surface area (Å²) in [5, 5.41) is 2.05. The summed E-state index contributed by atoms with van der Waals surface area (Å²) in [6, 6.07) is 4.09. The molecule has 1 unspecified atom stereocenters. The summed E-state index contributed by atoms with van der Waals surface area (Å²) in [7, 11) is 0.